The van der Waals surface area contributed by atoms with Crippen molar-refractivity contribution < 1.29 is 14.5 Å². The Morgan fingerprint density at radius 1 is 1.15 bits per heavy atom. The summed E-state index contributed by atoms with van der Waals surface area (Å²) in [6.45, 7) is 9.87. The second-order valence-electron chi connectivity index (χ2n) is 6.76. The molecule has 0 aromatic heterocycles. The van der Waals surface area contributed by atoms with Gasteiger partial charge in [0.05, 0.1) is 10.3 Å². The van der Waals surface area contributed by atoms with Crippen LogP contribution in [0, 0.1) is 20.9 Å². The summed E-state index contributed by atoms with van der Waals surface area (Å²) in [6.07, 6.45) is 0.686. The lowest BCUT2D eigenvalue weighted by Crippen LogP contribution is -2.33. The van der Waals surface area contributed by atoms with Gasteiger partial charge < -0.3 is 4.74 Å². The quantitative estimate of drug-likeness (QED) is 0.362. The van der Waals surface area contributed by atoms with Gasteiger partial charge in [-0.2, -0.15) is 0 Å². The Balaban J connectivity index is 2.77. The summed E-state index contributed by atoms with van der Waals surface area (Å²) in [5.74, 6) is -0.0103. The lowest BCUT2D eigenvalue weighted by atomic mass is 9.76. The highest BCUT2D eigenvalue weighted by Crippen LogP contribution is 2.34. The molecule has 0 fully saturated rings. The van der Waals surface area contributed by atoms with Crippen LogP contribution in [0.1, 0.15) is 41.0 Å². The van der Waals surface area contributed by atoms with E-state index in [-0.39, 0.29) is 17.1 Å². The number of nitro groups is 1. The number of esters is 1. The molecule has 1 aromatic rings. The first-order valence-electron chi connectivity index (χ1n) is 6.48. The molecule has 0 atom stereocenters. The second kappa shape index (κ2) is 5.61. The molecule has 0 spiro atoms. The first-order chi connectivity index (χ1) is 9.01. The summed E-state index contributed by atoms with van der Waals surface area (Å²) in [5.41, 5.74) is -0.628. The molecule has 0 radical (unpaired) electrons. The summed E-state index contributed by atoms with van der Waals surface area (Å²) < 4.78 is 5.30. The van der Waals surface area contributed by atoms with Crippen molar-refractivity contribution in [1.29, 1.82) is 0 Å². The SMILES string of the molecule is CC(C)(C)CC(C)(C)C(=O)Oc1ccc([N+](=O)[O-])cc1. The maximum Gasteiger partial charge on any atom is 0.316 e. The van der Waals surface area contributed by atoms with E-state index >= 15 is 0 Å². The zero-order valence-corrected chi connectivity index (χ0v) is 12.6. The van der Waals surface area contributed by atoms with Gasteiger partial charge >= 0.3 is 5.97 Å². The van der Waals surface area contributed by atoms with Crippen molar-refractivity contribution in [3.8, 4) is 5.75 Å². The predicted molar refractivity (Wildman–Crippen MR) is 76.6 cm³/mol. The average Bonchev–Trinajstić information content (AvgIpc) is 2.26. The number of non-ortho nitro benzene ring substituents is 1. The summed E-state index contributed by atoms with van der Waals surface area (Å²) in [6, 6.07) is 5.51. The van der Waals surface area contributed by atoms with Crippen molar-refractivity contribution in [2.45, 2.75) is 41.0 Å². The van der Waals surface area contributed by atoms with Gasteiger partial charge in [0.2, 0.25) is 0 Å². The molecule has 0 aliphatic rings. The number of hydrogen-bond acceptors (Lipinski definition) is 4. The maximum atomic E-state index is 12.2. The highest BCUT2D eigenvalue weighted by Gasteiger charge is 2.34. The molecule has 5 heteroatoms. The number of benzene rings is 1. The Bertz CT molecular complexity index is 498. The van der Waals surface area contributed by atoms with E-state index in [2.05, 4.69) is 20.8 Å². The number of rotatable bonds is 4. The van der Waals surface area contributed by atoms with E-state index in [0.717, 1.165) is 0 Å². The number of carbonyl (C=O) groups is 1. The van der Waals surface area contributed by atoms with Crippen LogP contribution in [0.5, 0.6) is 5.75 Å². The van der Waals surface area contributed by atoms with Crippen molar-refractivity contribution in [2.75, 3.05) is 0 Å². The van der Waals surface area contributed by atoms with Crippen LogP contribution in [-0.4, -0.2) is 10.9 Å². The van der Waals surface area contributed by atoms with Gasteiger partial charge in [0.25, 0.3) is 5.69 Å². The van der Waals surface area contributed by atoms with E-state index in [1.807, 2.05) is 13.8 Å². The Hall–Kier alpha value is -1.91. The van der Waals surface area contributed by atoms with Crippen molar-refractivity contribution in [3.05, 3.63) is 34.4 Å². The van der Waals surface area contributed by atoms with Crippen molar-refractivity contribution in [3.63, 3.8) is 0 Å². The molecule has 0 aliphatic heterocycles. The third-order valence-electron chi connectivity index (χ3n) is 2.78. The van der Waals surface area contributed by atoms with Crippen LogP contribution in [-0.2, 0) is 4.79 Å². The van der Waals surface area contributed by atoms with Gasteiger partial charge in [-0.1, -0.05) is 20.8 Å². The van der Waals surface area contributed by atoms with E-state index in [4.69, 9.17) is 4.74 Å². The van der Waals surface area contributed by atoms with Crippen LogP contribution in [0.15, 0.2) is 24.3 Å². The van der Waals surface area contributed by atoms with Crippen LogP contribution < -0.4 is 4.74 Å². The minimum Gasteiger partial charge on any atom is -0.426 e. The molecule has 0 saturated heterocycles. The van der Waals surface area contributed by atoms with Gasteiger partial charge in [-0.05, 0) is 37.8 Å². The Morgan fingerprint density at radius 2 is 1.65 bits per heavy atom. The molecule has 0 saturated carbocycles. The number of nitro benzene ring substituents is 1. The minimum absolute atomic E-state index is 0.0119. The Kier molecular flexibility index (Phi) is 4.53. The monoisotopic (exact) mass is 279 g/mol. The van der Waals surface area contributed by atoms with Crippen LogP contribution in [0.25, 0.3) is 0 Å². The minimum atomic E-state index is -0.611. The molecular weight excluding hydrogens is 258 g/mol. The normalized spacial score (nSPS) is 12.1. The van der Waals surface area contributed by atoms with Gasteiger partial charge in [-0.25, -0.2) is 0 Å². The van der Waals surface area contributed by atoms with Gasteiger partial charge in [0.1, 0.15) is 5.75 Å². The highest BCUT2D eigenvalue weighted by atomic mass is 16.6. The van der Waals surface area contributed by atoms with Gasteiger partial charge in [0, 0.05) is 12.1 Å². The van der Waals surface area contributed by atoms with Crippen molar-refractivity contribution in [2.24, 2.45) is 10.8 Å². The van der Waals surface area contributed by atoms with Gasteiger partial charge in [0.15, 0.2) is 0 Å². The molecule has 0 heterocycles. The van der Waals surface area contributed by atoms with Crippen molar-refractivity contribution in [1.82, 2.24) is 0 Å². The molecule has 0 aliphatic carbocycles. The largest absolute Gasteiger partial charge is 0.426 e. The molecule has 1 rings (SSSR count). The second-order valence-corrected chi connectivity index (χ2v) is 6.76. The molecule has 20 heavy (non-hydrogen) atoms. The molecule has 0 unspecified atom stereocenters. The summed E-state index contributed by atoms with van der Waals surface area (Å²) in [5, 5.41) is 10.5. The molecule has 0 amide bonds. The molecule has 5 nitrogen and oxygen atoms in total. The molecule has 0 bridgehead atoms. The molecule has 0 N–H and O–H groups in total. The Morgan fingerprint density at radius 3 is 2.05 bits per heavy atom. The first-order valence-corrected chi connectivity index (χ1v) is 6.48. The lowest BCUT2D eigenvalue weighted by Gasteiger charge is -2.30. The topological polar surface area (TPSA) is 69.4 Å². The van der Waals surface area contributed by atoms with E-state index in [1.165, 1.54) is 24.3 Å². The number of hydrogen-bond donors (Lipinski definition) is 0. The smallest absolute Gasteiger partial charge is 0.316 e. The highest BCUT2D eigenvalue weighted by molar-refractivity contribution is 5.78. The van der Waals surface area contributed by atoms with Crippen LogP contribution in [0.4, 0.5) is 5.69 Å². The first kappa shape index (κ1) is 16.1. The number of nitrogens with zero attached hydrogens (tertiary/aromatic N) is 1. The van der Waals surface area contributed by atoms with E-state index in [9.17, 15) is 14.9 Å². The van der Waals surface area contributed by atoms with Crippen molar-refractivity contribution >= 4 is 11.7 Å². The molecule has 110 valence electrons. The summed E-state index contributed by atoms with van der Waals surface area (Å²) >= 11 is 0. The Labute approximate surface area is 119 Å². The zero-order chi connectivity index (χ0) is 15.6. The van der Waals surface area contributed by atoms with E-state index in [0.29, 0.717) is 12.2 Å². The zero-order valence-electron chi connectivity index (χ0n) is 12.6. The standard InChI is InChI=1S/C15H21NO4/c1-14(2,3)10-15(4,5)13(17)20-12-8-6-11(7-9-12)16(18)19/h6-9H,10H2,1-5H3. The molecular formula is C15H21NO4. The van der Waals surface area contributed by atoms with Crippen LogP contribution in [0.3, 0.4) is 0 Å². The van der Waals surface area contributed by atoms with Gasteiger partial charge in [-0.3, -0.25) is 14.9 Å². The number of ether oxygens (including phenoxy) is 1. The number of carbonyl (C=O) groups excluding carboxylic acids is 1. The fourth-order valence-corrected chi connectivity index (χ4v) is 2.28. The van der Waals surface area contributed by atoms with Gasteiger partial charge in [-0.15, -0.1) is 0 Å². The van der Waals surface area contributed by atoms with Crippen LogP contribution in [0.2, 0.25) is 0 Å². The maximum absolute atomic E-state index is 12.2. The third kappa shape index (κ3) is 4.64. The van der Waals surface area contributed by atoms with Crippen LogP contribution >= 0.6 is 0 Å². The predicted octanol–water partition coefficient (Wildman–Crippen LogP) is 3.96. The third-order valence-corrected chi connectivity index (χ3v) is 2.78. The fraction of sp³-hybridized carbons (Fsp3) is 0.533. The summed E-state index contributed by atoms with van der Waals surface area (Å²) in [7, 11) is 0. The lowest BCUT2D eigenvalue weighted by molar-refractivity contribution is -0.384. The van der Waals surface area contributed by atoms with E-state index < -0.39 is 10.3 Å². The fourth-order valence-electron chi connectivity index (χ4n) is 2.28. The average molecular weight is 279 g/mol. The summed E-state index contributed by atoms with van der Waals surface area (Å²) in [4.78, 5) is 22.2. The molecule has 1 aromatic carbocycles. The van der Waals surface area contributed by atoms with E-state index in [1.54, 1.807) is 0 Å².